The van der Waals surface area contributed by atoms with Crippen LogP contribution in [0.25, 0.3) is 0 Å². The first kappa shape index (κ1) is 8.90. The molecule has 3 aliphatic rings. The van der Waals surface area contributed by atoms with E-state index in [-0.39, 0.29) is 0 Å². The summed E-state index contributed by atoms with van der Waals surface area (Å²) in [7, 11) is 0. The second-order valence-corrected chi connectivity index (χ2v) is 5.36. The Kier molecular flexibility index (Phi) is 1.94. The number of aliphatic imine (C=N–C) groups is 1. The van der Waals surface area contributed by atoms with E-state index < -0.39 is 0 Å². The number of hydrogen-bond acceptors (Lipinski definition) is 2. The predicted molar refractivity (Wildman–Crippen MR) is 56.8 cm³/mol. The van der Waals surface area contributed by atoms with E-state index in [2.05, 4.69) is 11.2 Å². The highest BCUT2D eigenvalue weighted by Crippen LogP contribution is 2.49. The molecule has 0 atom stereocenters. The second kappa shape index (κ2) is 3.06. The Morgan fingerprint density at radius 2 is 1.93 bits per heavy atom. The summed E-state index contributed by atoms with van der Waals surface area (Å²) in [6.07, 6.45) is 11.2. The molecular weight excluding hydrogens is 174 g/mol. The van der Waals surface area contributed by atoms with E-state index in [0.29, 0.717) is 11.0 Å². The van der Waals surface area contributed by atoms with Crippen molar-refractivity contribution in [2.45, 2.75) is 50.5 Å². The van der Waals surface area contributed by atoms with Gasteiger partial charge in [0.25, 0.3) is 0 Å². The van der Waals surface area contributed by atoms with Crippen molar-refractivity contribution >= 4 is 6.21 Å². The van der Waals surface area contributed by atoms with Crippen LogP contribution in [0.1, 0.15) is 44.9 Å². The fraction of sp³-hybridized carbons (Fsp3) is 0.917. The zero-order valence-electron chi connectivity index (χ0n) is 8.80. The van der Waals surface area contributed by atoms with Gasteiger partial charge in [0.05, 0.1) is 5.60 Å². The molecule has 0 aromatic heterocycles. The number of hydrogen-bond donors (Lipinski definition) is 0. The Morgan fingerprint density at radius 3 is 2.50 bits per heavy atom. The predicted octanol–water partition coefficient (Wildman–Crippen LogP) is 2.57. The summed E-state index contributed by atoms with van der Waals surface area (Å²) >= 11 is 0. The smallest absolute Gasteiger partial charge is 0.0683 e. The van der Waals surface area contributed by atoms with Gasteiger partial charge in [-0.25, -0.2) is 0 Å². The van der Waals surface area contributed by atoms with Crippen LogP contribution in [0.15, 0.2) is 4.99 Å². The Balaban J connectivity index is 1.67. The molecule has 2 spiro atoms. The van der Waals surface area contributed by atoms with Gasteiger partial charge in [0.15, 0.2) is 0 Å². The molecule has 2 fully saturated rings. The Hall–Kier alpha value is -0.370. The van der Waals surface area contributed by atoms with Gasteiger partial charge < -0.3 is 4.74 Å². The molecule has 2 heterocycles. The van der Waals surface area contributed by atoms with Crippen LogP contribution in [0.5, 0.6) is 0 Å². The van der Waals surface area contributed by atoms with Crippen molar-refractivity contribution in [3.05, 3.63) is 0 Å². The Labute approximate surface area is 85.7 Å². The van der Waals surface area contributed by atoms with Crippen LogP contribution in [0.3, 0.4) is 0 Å². The average molecular weight is 193 g/mol. The lowest BCUT2D eigenvalue weighted by atomic mass is 9.67. The van der Waals surface area contributed by atoms with Gasteiger partial charge in [-0.3, -0.25) is 4.99 Å². The van der Waals surface area contributed by atoms with Gasteiger partial charge >= 0.3 is 0 Å². The Morgan fingerprint density at radius 1 is 1.07 bits per heavy atom. The highest BCUT2D eigenvalue weighted by atomic mass is 16.5. The van der Waals surface area contributed by atoms with Crippen LogP contribution in [-0.2, 0) is 4.74 Å². The van der Waals surface area contributed by atoms with Crippen molar-refractivity contribution in [2.24, 2.45) is 10.4 Å². The maximum Gasteiger partial charge on any atom is 0.0683 e. The van der Waals surface area contributed by atoms with Gasteiger partial charge in [0.2, 0.25) is 0 Å². The molecule has 78 valence electrons. The van der Waals surface area contributed by atoms with Crippen LogP contribution < -0.4 is 0 Å². The molecule has 3 rings (SSSR count). The summed E-state index contributed by atoms with van der Waals surface area (Å²) in [6, 6.07) is 0. The summed E-state index contributed by atoms with van der Waals surface area (Å²) in [5.74, 6) is 0. The zero-order valence-corrected chi connectivity index (χ0v) is 8.80. The minimum Gasteiger partial charge on any atom is -0.375 e. The third-order valence-corrected chi connectivity index (χ3v) is 4.49. The lowest BCUT2D eigenvalue weighted by molar-refractivity contribution is -0.0495. The van der Waals surface area contributed by atoms with Gasteiger partial charge in [-0.15, -0.1) is 0 Å². The van der Waals surface area contributed by atoms with E-state index in [4.69, 9.17) is 4.74 Å². The van der Waals surface area contributed by atoms with Crippen molar-refractivity contribution in [1.82, 2.24) is 0 Å². The zero-order chi connectivity index (χ0) is 9.49. The molecule has 2 heteroatoms. The third kappa shape index (κ3) is 1.31. The summed E-state index contributed by atoms with van der Waals surface area (Å²) in [4.78, 5) is 4.41. The van der Waals surface area contributed by atoms with Gasteiger partial charge in [0.1, 0.15) is 0 Å². The van der Waals surface area contributed by atoms with Gasteiger partial charge in [-0.1, -0.05) is 0 Å². The minimum absolute atomic E-state index is 0.299. The summed E-state index contributed by atoms with van der Waals surface area (Å²) < 4.78 is 5.94. The summed E-state index contributed by atoms with van der Waals surface area (Å²) in [6.45, 7) is 2.09. The molecule has 0 bridgehead atoms. The van der Waals surface area contributed by atoms with Crippen molar-refractivity contribution in [2.75, 3.05) is 13.2 Å². The van der Waals surface area contributed by atoms with Crippen LogP contribution in [0, 0.1) is 5.41 Å². The fourth-order valence-electron chi connectivity index (χ4n) is 3.33. The van der Waals surface area contributed by atoms with Gasteiger partial charge in [-0.05, 0) is 56.6 Å². The third-order valence-electron chi connectivity index (χ3n) is 4.49. The quantitative estimate of drug-likeness (QED) is 0.579. The largest absolute Gasteiger partial charge is 0.375 e. The second-order valence-electron chi connectivity index (χ2n) is 5.36. The normalized spacial score (nSPS) is 46.9. The molecule has 0 amide bonds. The van der Waals surface area contributed by atoms with E-state index >= 15 is 0 Å². The highest BCUT2D eigenvalue weighted by molar-refractivity contribution is 5.61. The molecule has 0 aromatic rings. The lowest BCUT2D eigenvalue weighted by Crippen LogP contribution is -2.39. The molecule has 1 saturated heterocycles. The maximum absolute atomic E-state index is 5.94. The first-order valence-electron chi connectivity index (χ1n) is 5.95. The highest BCUT2D eigenvalue weighted by Gasteiger charge is 2.45. The number of nitrogens with zero attached hydrogens (tertiary/aromatic N) is 1. The summed E-state index contributed by atoms with van der Waals surface area (Å²) in [5, 5.41) is 0. The number of rotatable bonds is 0. The Bertz CT molecular complexity index is 227. The van der Waals surface area contributed by atoms with Crippen molar-refractivity contribution in [1.29, 1.82) is 0 Å². The van der Waals surface area contributed by atoms with E-state index in [1.165, 1.54) is 44.9 Å². The van der Waals surface area contributed by atoms with Crippen molar-refractivity contribution < 1.29 is 4.74 Å². The molecule has 0 N–H and O–H groups in total. The molecule has 0 aromatic carbocycles. The van der Waals surface area contributed by atoms with Gasteiger partial charge in [0, 0.05) is 13.2 Å². The molecule has 2 nitrogen and oxygen atoms in total. The molecule has 14 heavy (non-hydrogen) atoms. The SMILES string of the molecule is C1=NCC2(C1)CCC1(CCCO1)CC2. The standard InChI is InChI=1S/C12H19NO/c1-2-12(14-9-1)5-3-11(4-6-12)7-8-13-10-11/h8H,1-7,9-10H2. The minimum atomic E-state index is 0.299. The topological polar surface area (TPSA) is 21.6 Å². The summed E-state index contributed by atoms with van der Waals surface area (Å²) in [5.41, 5.74) is 0.852. The first-order chi connectivity index (χ1) is 6.83. The van der Waals surface area contributed by atoms with Gasteiger partial charge in [-0.2, -0.15) is 0 Å². The van der Waals surface area contributed by atoms with Crippen LogP contribution in [-0.4, -0.2) is 25.0 Å². The van der Waals surface area contributed by atoms with E-state index in [0.717, 1.165) is 13.2 Å². The van der Waals surface area contributed by atoms with Crippen LogP contribution >= 0.6 is 0 Å². The molecule has 0 unspecified atom stereocenters. The molecule has 2 aliphatic heterocycles. The first-order valence-corrected chi connectivity index (χ1v) is 5.95. The number of ether oxygens (including phenoxy) is 1. The molecular formula is C12H19NO. The average Bonchev–Trinajstić information content (AvgIpc) is 2.81. The molecule has 1 aliphatic carbocycles. The van der Waals surface area contributed by atoms with Crippen LogP contribution in [0.4, 0.5) is 0 Å². The maximum atomic E-state index is 5.94. The van der Waals surface area contributed by atoms with Crippen molar-refractivity contribution in [3.8, 4) is 0 Å². The van der Waals surface area contributed by atoms with E-state index in [1.54, 1.807) is 0 Å². The molecule has 1 saturated carbocycles. The monoisotopic (exact) mass is 193 g/mol. The van der Waals surface area contributed by atoms with Crippen molar-refractivity contribution in [3.63, 3.8) is 0 Å². The molecule has 0 radical (unpaired) electrons. The van der Waals surface area contributed by atoms with Crippen LogP contribution in [0.2, 0.25) is 0 Å². The fourth-order valence-corrected chi connectivity index (χ4v) is 3.33. The van der Waals surface area contributed by atoms with E-state index in [9.17, 15) is 0 Å². The lowest BCUT2D eigenvalue weighted by Gasteiger charge is -2.41. The van der Waals surface area contributed by atoms with E-state index in [1.807, 2.05) is 0 Å².